The first-order valence-electron chi connectivity index (χ1n) is 7.97. The molecule has 6 nitrogen and oxygen atoms in total. The number of aromatic amines is 1. The van der Waals surface area contributed by atoms with Crippen LogP contribution in [0, 0.1) is 0 Å². The molecule has 0 saturated carbocycles. The number of hydrogen-bond donors (Lipinski definition) is 2. The van der Waals surface area contributed by atoms with E-state index in [1.54, 1.807) is 6.07 Å². The number of benzene rings is 1. The van der Waals surface area contributed by atoms with Gasteiger partial charge in [-0.15, -0.1) is 0 Å². The number of aromatic nitrogens is 2. The molecule has 2 heterocycles. The molecule has 0 amide bonds. The van der Waals surface area contributed by atoms with E-state index >= 15 is 0 Å². The number of anilines is 1. The van der Waals surface area contributed by atoms with Crippen LogP contribution in [0.4, 0.5) is 5.95 Å². The van der Waals surface area contributed by atoms with E-state index < -0.39 is 0 Å². The summed E-state index contributed by atoms with van der Waals surface area (Å²) < 4.78 is 11.5. The molecule has 1 aliphatic heterocycles. The first kappa shape index (κ1) is 15.4. The molecule has 0 spiro atoms. The SMILES string of the molecule is CCCCc1cc(=O)[nH]c(NCC2COc3ccccc3O2)n1. The zero-order valence-corrected chi connectivity index (χ0v) is 13.2. The molecule has 3 rings (SSSR count). The molecule has 23 heavy (non-hydrogen) atoms. The highest BCUT2D eigenvalue weighted by Gasteiger charge is 2.20. The minimum Gasteiger partial charge on any atom is -0.486 e. The third kappa shape index (κ3) is 4.03. The van der Waals surface area contributed by atoms with Gasteiger partial charge in [-0.2, -0.15) is 0 Å². The van der Waals surface area contributed by atoms with E-state index in [1.165, 1.54) is 0 Å². The van der Waals surface area contributed by atoms with E-state index in [0.29, 0.717) is 19.1 Å². The smallest absolute Gasteiger partial charge is 0.252 e. The van der Waals surface area contributed by atoms with Crippen molar-refractivity contribution in [1.82, 2.24) is 9.97 Å². The van der Waals surface area contributed by atoms with Gasteiger partial charge < -0.3 is 14.8 Å². The summed E-state index contributed by atoms with van der Waals surface area (Å²) in [6, 6.07) is 9.14. The molecule has 1 atom stereocenters. The Morgan fingerprint density at radius 1 is 1.35 bits per heavy atom. The van der Waals surface area contributed by atoms with Gasteiger partial charge in [0.15, 0.2) is 11.5 Å². The lowest BCUT2D eigenvalue weighted by molar-refractivity contribution is 0.0996. The summed E-state index contributed by atoms with van der Waals surface area (Å²) in [5.74, 6) is 1.98. The minimum absolute atomic E-state index is 0.130. The molecule has 0 bridgehead atoms. The molecule has 122 valence electrons. The number of para-hydroxylation sites is 2. The van der Waals surface area contributed by atoms with E-state index in [0.717, 1.165) is 36.5 Å². The van der Waals surface area contributed by atoms with Crippen molar-refractivity contribution in [2.45, 2.75) is 32.3 Å². The Balaban J connectivity index is 1.60. The largest absolute Gasteiger partial charge is 0.486 e. The van der Waals surface area contributed by atoms with Crippen molar-refractivity contribution in [2.75, 3.05) is 18.5 Å². The van der Waals surface area contributed by atoms with Crippen LogP contribution in [0.25, 0.3) is 0 Å². The lowest BCUT2D eigenvalue weighted by Crippen LogP contribution is -2.35. The summed E-state index contributed by atoms with van der Waals surface area (Å²) in [5.41, 5.74) is 0.670. The highest BCUT2D eigenvalue weighted by molar-refractivity contribution is 5.41. The van der Waals surface area contributed by atoms with E-state index in [-0.39, 0.29) is 11.7 Å². The van der Waals surface area contributed by atoms with Gasteiger partial charge in [0.25, 0.3) is 5.56 Å². The second-order valence-corrected chi connectivity index (χ2v) is 5.57. The fraction of sp³-hybridized carbons (Fsp3) is 0.412. The maximum Gasteiger partial charge on any atom is 0.252 e. The number of fused-ring (bicyclic) bond motifs is 1. The van der Waals surface area contributed by atoms with Crippen LogP contribution in [-0.4, -0.2) is 29.2 Å². The zero-order valence-electron chi connectivity index (χ0n) is 13.2. The second-order valence-electron chi connectivity index (χ2n) is 5.57. The molecule has 1 aromatic heterocycles. The average molecular weight is 315 g/mol. The maximum absolute atomic E-state index is 11.7. The van der Waals surface area contributed by atoms with Crippen molar-refractivity contribution < 1.29 is 9.47 Å². The van der Waals surface area contributed by atoms with E-state index in [9.17, 15) is 4.79 Å². The van der Waals surface area contributed by atoms with E-state index in [2.05, 4.69) is 22.2 Å². The van der Waals surface area contributed by atoms with Crippen LogP contribution < -0.4 is 20.3 Å². The second kappa shape index (κ2) is 7.17. The topological polar surface area (TPSA) is 76.2 Å². The van der Waals surface area contributed by atoms with Crippen LogP contribution >= 0.6 is 0 Å². The molecule has 0 aliphatic carbocycles. The fourth-order valence-corrected chi connectivity index (χ4v) is 2.45. The summed E-state index contributed by atoms with van der Waals surface area (Å²) >= 11 is 0. The van der Waals surface area contributed by atoms with Crippen LogP contribution in [0.5, 0.6) is 11.5 Å². The number of ether oxygens (including phenoxy) is 2. The monoisotopic (exact) mass is 315 g/mol. The zero-order chi connectivity index (χ0) is 16.1. The third-order valence-electron chi connectivity index (χ3n) is 3.65. The molecule has 0 radical (unpaired) electrons. The predicted octanol–water partition coefficient (Wildman–Crippen LogP) is 2.36. The van der Waals surface area contributed by atoms with Crippen LogP contribution in [0.3, 0.4) is 0 Å². The summed E-state index contributed by atoms with van der Waals surface area (Å²) in [5, 5.41) is 3.13. The Morgan fingerprint density at radius 2 is 2.17 bits per heavy atom. The van der Waals surface area contributed by atoms with Crippen LogP contribution in [0.1, 0.15) is 25.5 Å². The molecule has 0 fully saturated rings. The molecular formula is C17H21N3O3. The van der Waals surface area contributed by atoms with Gasteiger partial charge in [-0.05, 0) is 25.0 Å². The van der Waals surface area contributed by atoms with Crippen molar-refractivity contribution in [2.24, 2.45) is 0 Å². The average Bonchev–Trinajstić information content (AvgIpc) is 2.57. The molecule has 2 aromatic rings. The Morgan fingerprint density at radius 3 is 3.00 bits per heavy atom. The van der Waals surface area contributed by atoms with Crippen LogP contribution in [0.15, 0.2) is 35.1 Å². The maximum atomic E-state index is 11.7. The molecule has 1 aliphatic rings. The van der Waals surface area contributed by atoms with Gasteiger partial charge in [-0.1, -0.05) is 25.5 Å². The number of H-pyrrole nitrogens is 1. The predicted molar refractivity (Wildman–Crippen MR) is 88.3 cm³/mol. The normalized spacial score (nSPS) is 16.1. The van der Waals surface area contributed by atoms with Crippen molar-refractivity contribution in [3.05, 3.63) is 46.4 Å². The summed E-state index contributed by atoms with van der Waals surface area (Å²) in [6.45, 7) is 3.09. The molecule has 1 unspecified atom stereocenters. The molecule has 2 N–H and O–H groups in total. The van der Waals surface area contributed by atoms with Gasteiger partial charge in [0, 0.05) is 11.8 Å². The Hall–Kier alpha value is -2.50. The summed E-state index contributed by atoms with van der Waals surface area (Å²) in [4.78, 5) is 18.8. The number of nitrogens with zero attached hydrogens (tertiary/aromatic N) is 1. The Labute approximate surface area is 134 Å². The molecule has 6 heteroatoms. The van der Waals surface area contributed by atoms with Gasteiger partial charge in [0.1, 0.15) is 12.7 Å². The van der Waals surface area contributed by atoms with Crippen molar-refractivity contribution >= 4 is 5.95 Å². The summed E-state index contributed by atoms with van der Waals surface area (Å²) in [6.07, 6.45) is 2.77. The van der Waals surface area contributed by atoms with Gasteiger partial charge in [-0.25, -0.2) is 4.98 Å². The highest BCUT2D eigenvalue weighted by atomic mass is 16.6. The van der Waals surface area contributed by atoms with Crippen LogP contribution in [0.2, 0.25) is 0 Å². The van der Waals surface area contributed by atoms with Gasteiger partial charge in [0.05, 0.1) is 6.54 Å². The lowest BCUT2D eigenvalue weighted by Gasteiger charge is -2.26. The summed E-state index contributed by atoms with van der Waals surface area (Å²) in [7, 11) is 0. The fourth-order valence-electron chi connectivity index (χ4n) is 2.45. The first-order valence-corrected chi connectivity index (χ1v) is 7.97. The van der Waals surface area contributed by atoms with Crippen molar-refractivity contribution in [3.63, 3.8) is 0 Å². The van der Waals surface area contributed by atoms with Crippen LogP contribution in [-0.2, 0) is 6.42 Å². The third-order valence-corrected chi connectivity index (χ3v) is 3.65. The highest BCUT2D eigenvalue weighted by Crippen LogP contribution is 2.30. The van der Waals surface area contributed by atoms with E-state index in [4.69, 9.17) is 9.47 Å². The van der Waals surface area contributed by atoms with Crippen molar-refractivity contribution in [3.8, 4) is 11.5 Å². The van der Waals surface area contributed by atoms with Gasteiger partial charge in [0.2, 0.25) is 5.95 Å². The Kier molecular flexibility index (Phi) is 4.80. The van der Waals surface area contributed by atoms with Crippen molar-refractivity contribution in [1.29, 1.82) is 0 Å². The number of hydrogen-bond acceptors (Lipinski definition) is 5. The molecule has 0 saturated heterocycles. The molecular weight excluding hydrogens is 294 g/mol. The number of rotatable bonds is 6. The number of unbranched alkanes of at least 4 members (excludes halogenated alkanes) is 1. The first-order chi connectivity index (χ1) is 11.2. The number of nitrogens with one attached hydrogen (secondary N) is 2. The number of aryl methyl sites for hydroxylation is 1. The Bertz CT molecular complexity index is 714. The molecule has 1 aromatic carbocycles. The van der Waals surface area contributed by atoms with Gasteiger partial charge >= 0.3 is 0 Å². The van der Waals surface area contributed by atoms with Gasteiger partial charge in [-0.3, -0.25) is 9.78 Å². The minimum atomic E-state index is -0.139. The standard InChI is InChI=1S/C17H21N3O3/c1-2-3-6-12-9-16(21)20-17(19-12)18-10-13-11-22-14-7-4-5-8-15(14)23-13/h4-5,7-9,13H,2-3,6,10-11H2,1H3,(H2,18,19,20,21). The lowest BCUT2D eigenvalue weighted by atomic mass is 10.2. The quantitative estimate of drug-likeness (QED) is 0.856. The van der Waals surface area contributed by atoms with E-state index in [1.807, 2.05) is 24.3 Å².